The summed E-state index contributed by atoms with van der Waals surface area (Å²) in [6, 6.07) is -0.153. The van der Waals surface area contributed by atoms with Gasteiger partial charge in [0, 0.05) is 11.5 Å². The lowest BCUT2D eigenvalue weighted by Gasteiger charge is -2.32. The Kier molecular flexibility index (Phi) is 3.39. The first-order valence-corrected chi connectivity index (χ1v) is 6.90. The van der Waals surface area contributed by atoms with Gasteiger partial charge in [-0.25, -0.2) is 0 Å². The first kappa shape index (κ1) is 13.4. The van der Waals surface area contributed by atoms with Crippen LogP contribution in [0.3, 0.4) is 0 Å². The monoisotopic (exact) mass is 253 g/mol. The molecule has 4 unspecified atom stereocenters. The van der Waals surface area contributed by atoms with E-state index >= 15 is 0 Å². The van der Waals surface area contributed by atoms with Gasteiger partial charge in [-0.1, -0.05) is 20.8 Å². The molecule has 2 fully saturated rings. The average molecular weight is 253 g/mol. The third-order valence-corrected chi connectivity index (χ3v) is 5.00. The van der Waals surface area contributed by atoms with Crippen LogP contribution in [0, 0.1) is 23.2 Å². The van der Waals surface area contributed by atoms with Crippen LogP contribution in [0.25, 0.3) is 0 Å². The Bertz CT molecular complexity index is 364. The van der Waals surface area contributed by atoms with Gasteiger partial charge in [-0.2, -0.15) is 0 Å². The molecule has 2 N–H and O–H groups in total. The zero-order valence-electron chi connectivity index (χ0n) is 11.4. The molecule has 0 aliphatic heterocycles. The second-order valence-electron chi connectivity index (χ2n) is 6.43. The summed E-state index contributed by atoms with van der Waals surface area (Å²) in [5.41, 5.74) is -0.412. The summed E-state index contributed by atoms with van der Waals surface area (Å²) < 4.78 is 0. The third-order valence-electron chi connectivity index (χ3n) is 5.00. The molecule has 0 heterocycles. The lowest BCUT2D eigenvalue weighted by molar-refractivity contribution is -0.145. The van der Waals surface area contributed by atoms with Gasteiger partial charge in [0.25, 0.3) is 0 Å². The summed E-state index contributed by atoms with van der Waals surface area (Å²) in [5, 5.41) is 12.3. The number of amides is 1. The number of fused-ring (bicyclic) bond motifs is 2. The maximum Gasteiger partial charge on any atom is 0.308 e. The van der Waals surface area contributed by atoms with Gasteiger partial charge >= 0.3 is 5.97 Å². The second kappa shape index (κ2) is 4.56. The van der Waals surface area contributed by atoms with Crippen LogP contribution >= 0.6 is 0 Å². The molecule has 2 rings (SSSR count). The van der Waals surface area contributed by atoms with E-state index < -0.39 is 11.4 Å². The van der Waals surface area contributed by atoms with E-state index in [0.29, 0.717) is 5.92 Å². The molecular weight excluding hydrogens is 230 g/mol. The lowest BCUT2D eigenvalue weighted by atomic mass is 9.82. The van der Waals surface area contributed by atoms with Gasteiger partial charge in [0.15, 0.2) is 0 Å². The Hall–Kier alpha value is -1.06. The average Bonchev–Trinajstić information content (AvgIpc) is 2.88. The molecule has 2 bridgehead atoms. The van der Waals surface area contributed by atoms with Crippen LogP contribution in [-0.2, 0) is 9.59 Å². The van der Waals surface area contributed by atoms with E-state index in [1.54, 1.807) is 0 Å². The van der Waals surface area contributed by atoms with Gasteiger partial charge in [-0.05, 0) is 37.5 Å². The van der Waals surface area contributed by atoms with Crippen LogP contribution in [0.5, 0.6) is 0 Å². The fourth-order valence-corrected chi connectivity index (χ4v) is 3.36. The minimum absolute atomic E-state index is 0.00574. The van der Waals surface area contributed by atoms with Crippen LogP contribution in [0.2, 0.25) is 0 Å². The maximum absolute atomic E-state index is 12.2. The van der Waals surface area contributed by atoms with Crippen molar-refractivity contribution in [1.82, 2.24) is 5.32 Å². The van der Waals surface area contributed by atoms with Crippen molar-refractivity contribution in [3.05, 3.63) is 0 Å². The van der Waals surface area contributed by atoms with Crippen molar-refractivity contribution in [2.75, 3.05) is 0 Å². The van der Waals surface area contributed by atoms with Crippen LogP contribution in [0.1, 0.15) is 46.5 Å². The number of carboxylic acid groups (broad SMARTS) is 1. The summed E-state index contributed by atoms with van der Waals surface area (Å²) in [7, 11) is 0. The van der Waals surface area contributed by atoms with E-state index in [4.69, 9.17) is 0 Å². The van der Waals surface area contributed by atoms with E-state index in [1.807, 2.05) is 20.8 Å². The van der Waals surface area contributed by atoms with E-state index in [0.717, 1.165) is 25.7 Å². The molecule has 4 atom stereocenters. The molecule has 2 saturated carbocycles. The van der Waals surface area contributed by atoms with Gasteiger partial charge < -0.3 is 10.4 Å². The quantitative estimate of drug-likeness (QED) is 0.805. The van der Waals surface area contributed by atoms with Gasteiger partial charge in [0.05, 0.1) is 5.92 Å². The molecule has 0 radical (unpaired) electrons. The highest BCUT2D eigenvalue weighted by molar-refractivity contribution is 5.83. The highest BCUT2D eigenvalue weighted by atomic mass is 16.4. The number of hydrogen-bond acceptors (Lipinski definition) is 2. The van der Waals surface area contributed by atoms with Crippen LogP contribution in [-0.4, -0.2) is 23.0 Å². The molecule has 0 aromatic carbocycles. The van der Waals surface area contributed by atoms with Gasteiger partial charge in [0.2, 0.25) is 5.91 Å². The van der Waals surface area contributed by atoms with E-state index in [9.17, 15) is 14.7 Å². The Morgan fingerprint density at radius 2 is 1.89 bits per heavy atom. The predicted molar refractivity (Wildman–Crippen MR) is 68.0 cm³/mol. The van der Waals surface area contributed by atoms with E-state index in [1.165, 1.54) is 0 Å². The van der Waals surface area contributed by atoms with Crippen molar-refractivity contribution < 1.29 is 14.7 Å². The number of carbonyl (C=O) groups is 2. The molecule has 0 aromatic rings. The predicted octanol–water partition coefficient (Wildman–Crippen LogP) is 2.04. The lowest BCUT2D eigenvalue weighted by Crippen LogP contribution is -2.50. The van der Waals surface area contributed by atoms with Crippen LogP contribution in [0.15, 0.2) is 0 Å². The smallest absolute Gasteiger partial charge is 0.308 e. The zero-order valence-corrected chi connectivity index (χ0v) is 11.4. The van der Waals surface area contributed by atoms with E-state index in [-0.39, 0.29) is 23.8 Å². The molecule has 0 saturated heterocycles. The fraction of sp³-hybridized carbons (Fsp3) is 0.857. The van der Waals surface area contributed by atoms with Gasteiger partial charge in [0.1, 0.15) is 0 Å². The van der Waals surface area contributed by atoms with Crippen LogP contribution < -0.4 is 5.32 Å². The number of rotatable bonds is 4. The summed E-state index contributed by atoms with van der Waals surface area (Å²) in [5.74, 6) is -0.494. The normalized spacial score (nSPS) is 34.6. The number of nitrogens with one attached hydrogen (secondary N) is 1. The molecule has 0 aromatic heterocycles. The number of hydrogen-bond donors (Lipinski definition) is 2. The first-order valence-electron chi connectivity index (χ1n) is 6.90. The van der Waals surface area contributed by atoms with Gasteiger partial charge in [-0.3, -0.25) is 9.59 Å². The molecule has 1 amide bonds. The highest BCUT2D eigenvalue weighted by Gasteiger charge is 2.52. The van der Waals surface area contributed by atoms with Crippen molar-refractivity contribution in [1.29, 1.82) is 0 Å². The summed E-state index contributed by atoms with van der Waals surface area (Å²) in [6.07, 6.45) is 3.79. The number of carbonyl (C=O) groups excluding carboxylic acids is 1. The summed E-state index contributed by atoms with van der Waals surface area (Å²) in [6.45, 7) is 5.80. The number of carboxylic acids is 1. The SMILES string of the molecule is CCC(C)(C)C(=O)NC1C2CCC(C2)C1C(=O)O. The largest absolute Gasteiger partial charge is 0.481 e. The Balaban J connectivity index is 2.09. The summed E-state index contributed by atoms with van der Waals surface area (Å²) >= 11 is 0. The molecule has 2 aliphatic carbocycles. The van der Waals surface area contributed by atoms with Gasteiger partial charge in [-0.15, -0.1) is 0 Å². The number of aliphatic carboxylic acids is 1. The molecule has 0 spiro atoms. The molecule has 18 heavy (non-hydrogen) atoms. The van der Waals surface area contributed by atoms with Crippen molar-refractivity contribution in [3.8, 4) is 0 Å². The Morgan fingerprint density at radius 3 is 2.44 bits per heavy atom. The fourth-order valence-electron chi connectivity index (χ4n) is 3.36. The topological polar surface area (TPSA) is 66.4 Å². The summed E-state index contributed by atoms with van der Waals surface area (Å²) in [4.78, 5) is 23.5. The Morgan fingerprint density at radius 1 is 1.28 bits per heavy atom. The van der Waals surface area contributed by atoms with Crippen molar-refractivity contribution in [3.63, 3.8) is 0 Å². The first-order chi connectivity index (χ1) is 8.36. The second-order valence-corrected chi connectivity index (χ2v) is 6.43. The maximum atomic E-state index is 12.2. The molecular formula is C14H23NO3. The minimum Gasteiger partial charge on any atom is -0.481 e. The third kappa shape index (κ3) is 2.13. The molecule has 4 heteroatoms. The van der Waals surface area contributed by atoms with E-state index in [2.05, 4.69) is 5.32 Å². The van der Waals surface area contributed by atoms with Crippen molar-refractivity contribution in [2.24, 2.45) is 23.2 Å². The molecule has 2 aliphatic rings. The minimum atomic E-state index is -0.748. The molecule has 102 valence electrons. The Labute approximate surface area is 108 Å². The zero-order chi connectivity index (χ0) is 13.5. The highest BCUT2D eigenvalue weighted by Crippen LogP contribution is 2.48. The van der Waals surface area contributed by atoms with Crippen LogP contribution in [0.4, 0.5) is 0 Å². The molecule has 4 nitrogen and oxygen atoms in total. The van der Waals surface area contributed by atoms with Crippen molar-refractivity contribution in [2.45, 2.75) is 52.5 Å². The van der Waals surface area contributed by atoms with Crippen molar-refractivity contribution >= 4 is 11.9 Å². The standard InChI is InChI=1S/C14H23NO3/c1-4-14(2,3)13(18)15-11-9-6-5-8(7-9)10(11)12(16)17/h8-11H,4-7H2,1-3H3,(H,15,18)(H,16,17).